The summed E-state index contributed by atoms with van der Waals surface area (Å²) >= 11 is 0. The molecule has 0 aliphatic heterocycles. The Morgan fingerprint density at radius 1 is 1.27 bits per heavy atom. The van der Waals surface area contributed by atoms with E-state index in [1.54, 1.807) is 13.3 Å². The Bertz CT molecular complexity index is 1040. The first-order chi connectivity index (χ1) is 12.4. The fourth-order valence-corrected chi connectivity index (χ4v) is 3.67. The van der Waals surface area contributed by atoms with Gasteiger partial charge in [-0.15, -0.1) is 18.5 Å². The van der Waals surface area contributed by atoms with E-state index >= 15 is 0 Å². The van der Waals surface area contributed by atoms with Gasteiger partial charge in [0.25, 0.3) is 0 Å². The molecule has 1 aliphatic rings. The van der Waals surface area contributed by atoms with Crippen molar-refractivity contribution in [3.8, 4) is 22.9 Å². The molecule has 26 heavy (non-hydrogen) atoms. The quantitative estimate of drug-likeness (QED) is 0.643. The molecule has 1 aliphatic carbocycles. The molecule has 0 spiro atoms. The van der Waals surface area contributed by atoms with Gasteiger partial charge in [-0.2, -0.15) is 5.26 Å². The summed E-state index contributed by atoms with van der Waals surface area (Å²) in [5.41, 5.74) is 3.40. The lowest BCUT2D eigenvalue weighted by Crippen LogP contribution is -2.09. The van der Waals surface area contributed by atoms with Crippen LogP contribution in [0.2, 0.25) is 0 Å². The van der Waals surface area contributed by atoms with Gasteiger partial charge >= 0.3 is 0 Å². The van der Waals surface area contributed by atoms with Gasteiger partial charge in [0.05, 0.1) is 29.7 Å². The number of nitriles is 1. The highest BCUT2D eigenvalue weighted by Gasteiger charge is 2.45. The maximum atomic E-state index is 9.45. The van der Waals surface area contributed by atoms with E-state index in [1.165, 1.54) is 0 Å². The molecule has 1 aromatic carbocycles. The van der Waals surface area contributed by atoms with Crippen LogP contribution in [0.3, 0.4) is 0 Å². The molecule has 4 rings (SSSR count). The van der Waals surface area contributed by atoms with Gasteiger partial charge in [0.15, 0.2) is 5.65 Å². The van der Waals surface area contributed by atoms with Crippen LogP contribution in [0.15, 0.2) is 36.8 Å². The molecule has 2 heterocycles. The molecule has 7 heteroatoms. The average Bonchev–Trinajstić information content (AvgIpc) is 3.31. The highest BCUT2D eigenvalue weighted by Crippen LogP contribution is 2.49. The van der Waals surface area contributed by atoms with E-state index < -0.39 is 0 Å². The molecule has 0 radical (unpaired) electrons. The van der Waals surface area contributed by atoms with E-state index in [-0.39, 0.29) is 10.3 Å². The number of hydrogen-bond acceptors (Lipinski definition) is 4. The zero-order valence-corrected chi connectivity index (χ0v) is 17.0. The third-order valence-corrected chi connectivity index (χ3v) is 5.41. The van der Waals surface area contributed by atoms with Gasteiger partial charge in [-0.1, -0.05) is 12.1 Å². The first-order valence-corrected chi connectivity index (χ1v) is 9.55. The van der Waals surface area contributed by atoms with Crippen molar-refractivity contribution in [2.24, 2.45) is 0 Å². The van der Waals surface area contributed by atoms with Crippen molar-refractivity contribution in [2.45, 2.75) is 30.1 Å². The molecule has 2 unspecified atom stereocenters. The van der Waals surface area contributed by atoms with Crippen molar-refractivity contribution in [2.75, 3.05) is 7.11 Å². The van der Waals surface area contributed by atoms with Crippen molar-refractivity contribution in [1.29, 1.82) is 5.26 Å². The minimum Gasteiger partial charge on any atom is -0.496 e. The second-order valence-electron chi connectivity index (χ2n) is 7.04. The van der Waals surface area contributed by atoms with Crippen LogP contribution in [-0.4, -0.2) is 21.5 Å². The Balaban J connectivity index is 1.84. The molecule has 0 bridgehead atoms. The van der Waals surface area contributed by atoms with Gasteiger partial charge in [-0.05, 0) is 31.4 Å². The van der Waals surface area contributed by atoms with Gasteiger partial charge in [0.2, 0.25) is 0 Å². The number of fused-ring (bicyclic) bond motifs is 1. The number of nitrogens with zero attached hydrogens (tertiary/aromatic N) is 4. The van der Waals surface area contributed by atoms with E-state index in [1.807, 2.05) is 35.0 Å². The monoisotopic (exact) mass is 382 g/mol. The summed E-state index contributed by atoms with van der Waals surface area (Å²) < 4.78 is 7.63. The van der Waals surface area contributed by atoms with Crippen molar-refractivity contribution in [1.82, 2.24) is 14.4 Å². The maximum absolute atomic E-state index is 9.45. The summed E-state index contributed by atoms with van der Waals surface area (Å²) in [6, 6.07) is 8.48. The highest BCUT2D eigenvalue weighted by molar-refractivity contribution is 7.38. The number of aromatic nitrogens is 3. The molecule has 5 nitrogen and oxygen atoms in total. The molecule has 1 fully saturated rings. The van der Waals surface area contributed by atoms with E-state index in [0.717, 1.165) is 46.8 Å². The Hall–Kier alpha value is -2.01. The molecule has 2 atom stereocenters. The summed E-state index contributed by atoms with van der Waals surface area (Å²) in [6.07, 6.45) is 7.47. The highest BCUT2D eigenvalue weighted by atomic mass is 31.1. The van der Waals surface area contributed by atoms with Crippen LogP contribution in [0, 0.1) is 11.3 Å². The fourth-order valence-electron chi connectivity index (χ4n) is 3.24. The average molecular weight is 382 g/mol. The molecular weight excluding hydrogens is 362 g/mol. The van der Waals surface area contributed by atoms with Crippen LogP contribution < -0.4 is 4.74 Å². The van der Waals surface area contributed by atoms with Gasteiger partial charge in [-0.3, -0.25) is 4.40 Å². The molecule has 3 aromatic rings. The van der Waals surface area contributed by atoms with Gasteiger partial charge in [-0.25, -0.2) is 9.97 Å². The van der Waals surface area contributed by atoms with E-state index in [2.05, 4.69) is 41.4 Å². The lowest BCUT2D eigenvalue weighted by atomic mass is 9.95. The summed E-state index contributed by atoms with van der Waals surface area (Å²) in [6.45, 7) is 2.07. The smallest absolute Gasteiger partial charge is 0.156 e. The zero-order chi connectivity index (χ0) is 18.5. The first-order valence-electron chi connectivity index (χ1n) is 8.39. The summed E-state index contributed by atoms with van der Waals surface area (Å²) in [7, 11) is 7.23. The SMILES string of the molecule is COc1cc(C2(C#N)CC2)ccc1-c1cnc2cnc(C(C)(P)P)n2c1. The number of ether oxygens (including phenoxy) is 1. The number of hydrogen-bond donors (Lipinski definition) is 0. The molecular formula is C19H20N4OP2. The minimum absolute atomic E-state index is 0.244. The molecule has 0 N–H and O–H groups in total. The first kappa shape index (κ1) is 17.4. The van der Waals surface area contributed by atoms with E-state index in [4.69, 9.17) is 4.74 Å². The minimum atomic E-state index is -0.327. The van der Waals surface area contributed by atoms with Crippen LogP contribution in [0.4, 0.5) is 0 Å². The Morgan fingerprint density at radius 3 is 2.65 bits per heavy atom. The molecule has 0 saturated heterocycles. The maximum Gasteiger partial charge on any atom is 0.156 e. The van der Waals surface area contributed by atoms with Crippen LogP contribution in [0.5, 0.6) is 5.75 Å². The van der Waals surface area contributed by atoms with Crippen LogP contribution in [-0.2, 0) is 10.3 Å². The van der Waals surface area contributed by atoms with E-state index in [0.29, 0.717) is 0 Å². The summed E-state index contributed by atoms with van der Waals surface area (Å²) in [4.78, 5) is 8.80. The zero-order valence-electron chi connectivity index (χ0n) is 14.7. The number of rotatable bonds is 4. The van der Waals surface area contributed by atoms with Gasteiger partial charge in [0, 0.05) is 23.5 Å². The van der Waals surface area contributed by atoms with Crippen LogP contribution in [0.1, 0.15) is 31.2 Å². The predicted molar refractivity (Wildman–Crippen MR) is 108 cm³/mol. The lowest BCUT2D eigenvalue weighted by Gasteiger charge is -2.17. The Kier molecular flexibility index (Phi) is 4.03. The molecule has 2 aromatic heterocycles. The van der Waals surface area contributed by atoms with E-state index in [9.17, 15) is 5.26 Å². The third-order valence-electron chi connectivity index (χ3n) is 4.89. The summed E-state index contributed by atoms with van der Waals surface area (Å²) in [5.74, 6) is 1.65. The van der Waals surface area contributed by atoms with Crippen molar-refractivity contribution < 1.29 is 4.74 Å². The van der Waals surface area contributed by atoms with Crippen molar-refractivity contribution in [3.63, 3.8) is 0 Å². The largest absolute Gasteiger partial charge is 0.496 e. The number of methoxy groups -OCH3 is 1. The standard InChI is InChI=1S/C19H20N4OP2/c1-18(25,26)17-22-9-16-21-8-12(10-23(16)17)14-4-3-13(7-15(14)24-2)19(11-20)5-6-19/h3-4,7-10H,5-6,25-26H2,1-2H3. The molecule has 132 valence electrons. The molecule has 1 saturated carbocycles. The van der Waals surface area contributed by atoms with Gasteiger partial charge in [0.1, 0.15) is 11.6 Å². The van der Waals surface area contributed by atoms with Crippen molar-refractivity contribution in [3.05, 3.63) is 48.2 Å². The van der Waals surface area contributed by atoms with Gasteiger partial charge < -0.3 is 4.74 Å². The fraction of sp³-hybridized carbons (Fsp3) is 0.316. The predicted octanol–water partition coefficient (Wildman–Crippen LogP) is 3.88. The second-order valence-corrected chi connectivity index (χ2v) is 10.1. The van der Waals surface area contributed by atoms with Crippen LogP contribution >= 0.6 is 18.5 Å². The Labute approximate surface area is 157 Å². The van der Waals surface area contributed by atoms with Crippen LogP contribution in [0.25, 0.3) is 16.8 Å². The van der Waals surface area contributed by atoms with Crippen molar-refractivity contribution >= 4 is 24.1 Å². The lowest BCUT2D eigenvalue weighted by molar-refractivity contribution is 0.415. The number of imidazole rings is 1. The Morgan fingerprint density at radius 2 is 2.04 bits per heavy atom. The second kappa shape index (κ2) is 6.02. The topological polar surface area (TPSA) is 63.2 Å². The molecule has 0 amide bonds. The normalized spacial score (nSPS) is 15.7. The summed E-state index contributed by atoms with van der Waals surface area (Å²) in [5, 5.41) is 9.45. The number of benzene rings is 1. The third kappa shape index (κ3) is 2.78.